The molecule has 0 aliphatic carbocycles. The van der Waals surface area contributed by atoms with Gasteiger partial charge in [0, 0.05) is 9.17 Å². The third-order valence-electron chi connectivity index (χ3n) is 3.52. The van der Waals surface area contributed by atoms with Crippen molar-refractivity contribution in [2.45, 2.75) is 13.0 Å². The first kappa shape index (κ1) is 15.0. The number of rotatable bonds is 4. The zero-order valence-corrected chi connectivity index (χ0v) is 14.7. The molecular formula is C17H15BrClNS. The van der Waals surface area contributed by atoms with Gasteiger partial charge in [-0.3, -0.25) is 0 Å². The molecule has 4 heteroatoms. The van der Waals surface area contributed by atoms with Crippen molar-refractivity contribution < 1.29 is 0 Å². The first-order valence-corrected chi connectivity index (χ1v) is 8.91. The zero-order chi connectivity index (χ0) is 14.8. The van der Waals surface area contributed by atoms with E-state index in [1.54, 1.807) is 11.3 Å². The van der Waals surface area contributed by atoms with Crippen molar-refractivity contribution in [3.05, 3.63) is 68.5 Å². The summed E-state index contributed by atoms with van der Waals surface area (Å²) in [6.07, 6.45) is 0. The Balaban J connectivity index is 2.16. The van der Waals surface area contributed by atoms with E-state index in [-0.39, 0.29) is 6.04 Å². The lowest BCUT2D eigenvalue weighted by Gasteiger charge is -2.20. The fourth-order valence-corrected chi connectivity index (χ4v) is 4.16. The fourth-order valence-electron chi connectivity index (χ4n) is 2.56. The highest BCUT2D eigenvalue weighted by Gasteiger charge is 2.20. The maximum Gasteiger partial charge on any atom is 0.0606 e. The van der Waals surface area contributed by atoms with E-state index in [4.69, 9.17) is 11.6 Å². The molecule has 1 atom stereocenters. The second-order valence-electron chi connectivity index (χ2n) is 4.82. The molecule has 1 aromatic heterocycles. The standard InChI is InChI=1S/C17H15BrClNS/c1-2-20-17(12-7-5-8-14(18)16(12)19)13-10-21-15-9-4-3-6-11(13)15/h3-10,17,20H,2H2,1H3. The number of hydrogen-bond donors (Lipinski definition) is 1. The van der Waals surface area contributed by atoms with Crippen LogP contribution in [-0.2, 0) is 0 Å². The minimum atomic E-state index is 0.108. The number of benzene rings is 2. The first-order valence-electron chi connectivity index (χ1n) is 6.85. The molecule has 21 heavy (non-hydrogen) atoms. The number of hydrogen-bond acceptors (Lipinski definition) is 2. The van der Waals surface area contributed by atoms with Gasteiger partial charge in [-0.25, -0.2) is 0 Å². The lowest BCUT2D eigenvalue weighted by molar-refractivity contribution is 0.635. The number of nitrogens with one attached hydrogen (secondary N) is 1. The molecule has 1 N–H and O–H groups in total. The highest BCUT2D eigenvalue weighted by Crippen LogP contribution is 2.38. The van der Waals surface area contributed by atoms with Gasteiger partial charge in [0.25, 0.3) is 0 Å². The molecule has 0 fully saturated rings. The Morgan fingerprint density at radius 2 is 1.95 bits per heavy atom. The molecule has 3 aromatic rings. The predicted molar refractivity (Wildman–Crippen MR) is 96.5 cm³/mol. The number of fused-ring (bicyclic) bond motifs is 1. The Labute approximate surface area is 142 Å². The van der Waals surface area contributed by atoms with Crippen LogP contribution in [0.2, 0.25) is 5.02 Å². The Morgan fingerprint density at radius 1 is 1.14 bits per heavy atom. The quantitative estimate of drug-likeness (QED) is 0.584. The van der Waals surface area contributed by atoms with Crippen molar-refractivity contribution in [2.24, 2.45) is 0 Å². The fraction of sp³-hybridized carbons (Fsp3) is 0.176. The van der Waals surface area contributed by atoms with Crippen LogP contribution in [0, 0.1) is 0 Å². The molecule has 0 aliphatic heterocycles. The molecule has 0 aliphatic rings. The second-order valence-corrected chi connectivity index (χ2v) is 6.96. The first-order chi connectivity index (χ1) is 10.2. The molecule has 1 nitrogen and oxygen atoms in total. The highest BCUT2D eigenvalue weighted by atomic mass is 79.9. The van der Waals surface area contributed by atoms with Crippen LogP contribution in [0.25, 0.3) is 10.1 Å². The average molecular weight is 381 g/mol. The van der Waals surface area contributed by atoms with E-state index in [9.17, 15) is 0 Å². The minimum absolute atomic E-state index is 0.108. The molecule has 108 valence electrons. The molecule has 3 rings (SSSR count). The zero-order valence-electron chi connectivity index (χ0n) is 11.6. The van der Waals surface area contributed by atoms with Crippen molar-refractivity contribution in [2.75, 3.05) is 6.54 Å². The van der Waals surface area contributed by atoms with Crippen LogP contribution in [0.15, 0.2) is 52.3 Å². The molecule has 1 unspecified atom stereocenters. The van der Waals surface area contributed by atoms with Crippen molar-refractivity contribution >= 4 is 49.0 Å². The SMILES string of the molecule is CCNC(c1cccc(Br)c1Cl)c1csc2ccccc12. The van der Waals surface area contributed by atoms with Crippen molar-refractivity contribution in [1.29, 1.82) is 0 Å². The third-order valence-corrected chi connectivity index (χ3v) is 5.82. The molecular weight excluding hydrogens is 366 g/mol. The van der Waals surface area contributed by atoms with Crippen molar-refractivity contribution in [3.8, 4) is 0 Å². The molecule has 0 saturated carbocycles. The summed E-state index contributed by atoms with van der Waals surface area (Å²) < 4.78 is 2.24. The largest absolute Gasteiger partial charge is 0.306 e. The van der Waals surface area contributed by atoms with E-state index in [0.29, 0.717) is 0 Å². The predicted octanol–water partition coefficient (Wildman–Crippen LogP) is 6.02. The summed E-state index contributed by atoms with van der Waals surface area (Å²) in [6.45, 7) is 3.01. The van der Waals surface area contributed by atoms with Crippen molar-refractivity contribution in [1.82, 2.24) is 5.32 Å². The summed E-state index contributed by atoms with van der Waals surface area (Å²) in [5.74, 6) is 0. The molecule has 0 bridgehead atoms. The molecule has 0 saturated heterocycles. The Hall–Kier alpha value is -0.870. The minimum Gasteiger partial charge on any atom is -0.306 e. The smallest absolute Gasteiger partial charge is 0.0606 e. The van der Waals surface area contributed by atoms with E-state index in [1.165, 1.54) is 15.6 Å². The van der Waals surface area contributed by atoms with Crippen LogP contribution in [-0.4, -0.2) is 6.54 Å². The van der Waals surface area contributed by atoms with Crippen LogP contribution < -0.4 is 5.32 Å². The van der Waals surface area contributed by atoms with Crippen molar-refractivity contribution in [3.63, 3.8) is 0 Å². The maximum atomic E-state index is 6.51. The summed E-state index contributed by atoms with van der Waals surface area (Å²) >= 11 is 11.8. The van der Waals surface area contributed by atoms with Gasteiger partial charge in [0.1, 0.15) is 0 Å². The van der Waals surface area contributed by atoms with Gasteiger partial charge in [0.05, 0.1) is 11.1 Å². The molecule has 0 radical (unpaired) electrons. The summed E-state index contributed by atoms with van der Waals surface area (Å²) in [5, 5.41) is 7.87. The van der Waals surface area contributed by atoms with Crippen LogP contribution in [0.1, 0.15) is 24.1 Å². The number of halogens is 2. The Morgan fingerprint density at radius 3 is 2.76 bits per heavy atom. The average Bonchev–Trinajstić information content (AvgIpc) is 2.92. The van der Waals surface area contributed by atoms with Crippen LogP contribution in [0.3, 0.4) is 0 Å². The lowest BCUT2D eigenvalue weighted by atomic mass is 9.98. The van der Waals surface area contributed by atoms with E-state index < -0.39 is 0 Å². The van der Waals surface area contributed by atoms with E-state index >= 15 is 0 Å². The molecule has 0 amide bonds. The third kappa shape index (κ3) is 2.88. The van der Waals surface area contributed by atoms with Crippen LogP contribution >= 0.6 is 38.9 Å². The van der Waals surface area contributed by atoms with Gasteiger partial charge in [0.15, 0.2) is 0 Å². The van der Waals surface area contributed by atoms with E-state index in [2.05, 4.69) is 63.9 Å². The molecule has 0 spiro atoms. The lowest BCUT2D eigenvalue weighted by Crippen LogP contribution is -2.22. The molecule has 1 heterocycles. The van der Waals surface area contributed by atoms with Gasteiger partial charge in [-0.15, -0.1) is 11.3 Å². The van der Waals surface area contributed by atoms with E-state index in [1.807, 2.05) is 12.1 Å². The van der Waals surface area contributed by atoms with Crippen LogP contribution in [0.4, 0.5) is 0 Å². The van der Waals surface area contributed by atoms with Gasteiger partial charge in [0.2, 0.25) is 0 Å². The van der Waals surface area contributed by atoms with Gasteiger partial charge in [-0.1, -0.05) is 48.9 Å². The summed E-state index contributed by atoms with van der Waals surface area (Å²) in [6, 6.07) is 14.7. The second kappa shape index (κ2) is 6.49. The summed E-state index contributed by atoms with van der Waals surface area (Å²) in [7, 11) is 0. The topological polar surface area (TPSA) is 12.0 Å². The number of thiophene rings is 1. The van der Waals surface area contributed by atoms with Gasteiger partial charge >= 0.3 is 0 Å². The normalized spacial score (nSPS) is 12.7. The maximum absolute atomic E-state index is 6.51. The van der Waals surface area contributed by atoms with Gasteiger partial charge in [-0.05, 0) is 56.5 Å². The van der Waals surface area contributed by atoms with Gasteiger partial charge < -0.3 is 5.32 Å². The molecule has 2 aromatic carbocycles. The summed E-state index contributed by atoms with van der Waals surface area (Å²) in [4.78, 5) is 0. The van der Waals surface area contributed by atoms with E-state index in [0.717, 1.165) is 21.6 Å². The highest BCUT2D eigenvalue weighted by molar-refractivity contribution is 9.10. The van der Waals surface area contributed by atoms with Crippen LogP contribution in [0.5, 0.6) is 0 Å². The Kier molecular flexibility index (Phi) is 4.65. The Bertz CT molecular complexity index is 768. The summed E-state index contributed by atoms with van der Waals surface area (Å²) in [5.41, 5.74) is 2.40. The monoisotopic (exact) mass is 379 g/mol. The van der Waals surface area contributed by atoms with Gasteiger partial charge in [-0.2, -0.15) is 0 Å².